The summed E-state index contributed by atoms with van der Waals surface area (Å²) >= 11 is 0. The Morgan fingerprint density at radius 3 is 2.16 bits per heavy atom. The van der Waals surface area contributed by atoms with Crippen molar-refractivity contribution in [2.45, 2.75) is 70.5 Å². The molecule has 178 valence electrons. The second-order valence-corrected chi connectivity index (χ2v) is 7.44. The average Bonchev–Trinajstić information content (AvgIpc) is 2.71. The quantitative estimate of drug-likeness (QED) is 0.131. The highest BCUT2D eigenvalue weighted by atomic mass is 16.4. The van der Waals surface area contributed by atoms with Gasteiger partial charge in [0.1, 0.15) is 12.1 Å². The van der Waals surface area contributed by atoms with Crippen LogP contribution in [0.4, 0.5) is 0 Å². The summed E-state index contributed by atoms with van der Waals surface area (Å²) in [5.41, 5.74) is 16.2. The van der Waals surface area contributed by atoms with Crippen LogP contribution in [-0.2, 0) is 24.0 Å². The van der Waals surface area contributed by atoms with Crippen molar-refractivity contribution < 1.29 is 29.1 Å². The van der Waals surface area contributed by atoms with E-state index in [1.807, 2.05) is 0 Å². The highest BCUT2D eigenvalue weighted by molar-refractivity contribution is 5.92. The molecule has 0 radical (unpaired) electrons. The number of amides is 4. The monoisotopic (exact) mass is 444 g/mol. The first-order valence-corrected chi connectivity index (χ1v) is 10.4. The number of hydrogen-bond donors (Lipinski definition) is 7. The van der Waals surface area contributed by atoms with Gasteiger partial charge in [-0.05, 0) is 31.7 Å². The average molecular weight is 445 g/mol. The summed E-state index contributed by atoms with van der Waals surface area (Å²) in [6.07, 6.45) is 2.01. The fourth-order valence-corrected chi connectivity index (χ4v) is 2.68. The number of hydrogen-bond acceptors (Lipinski definition) is 7. The fraction of sp³-hybridized carbons (Fsp3) is 0.737. The SMILES string of the molecule is CCC(C)C(NC(=O)C(CCC(N)=O)NC(=O)CNC(=O)C(N)CCCCN)C(=O)O. The van der Waals surface area contributed by atoms with Gasteiger partial charge in [0.25, 0.3) is 0 Å². The molecule has 0 aromatic rings. The second kappa shape index (κ2) is 15.1. The molecule has 0 aliphatic heterocycles. The third kappa shape index (κ3) is 11.9. The lowest BCUT2D eigenvalue weighted by molar-refractivity contribution is -0.144. The Bertz CT molecular complexity index is 629. The van der Waals surface area contributed by atoms with E-state index in [4.69, 9.17) is 17.2 Å². The predicted octanol–water partition coefficient (Wildman–Crippen LogP) is -2.08. The summed E-state index contributed by atoms with van der Waals surface area (Å²) in [6.45, 7) is 3.51. The molecule has 0 heterocycles. The Morgan fingerprint density at radius 1 is 1.00 bits per heavy atom. The van der Waals surface area contributed by atoms with E-state index in [0.717, 1.165) is 6.42 Å². The number of nitrogens with one attached hydrogen (secondary N) is 3. The van der Waals surface area contributed by atoms with Gasteiger partial charge < -0.3 is 38.3 Å². The molecule has 0 saturated heterocycles. The Labute approximate surface area is 182 Å². The van der Waals surface area contributed by atoms with Gasteiger partial charge in [0.2, 0.25) is 23.6 Å². The maximum atomic E-state index is 12.6. The summed E-state index contributed by atoms with van der Waals surface area (Å²) < 4.78 is 0. The lowest BCUT2D eigenvalue weighted by Crippen LogP contribution is -2.55. The van der Waals surface area contributed by atoms with E-state index >= 15 is 0 Å². The first kappa shape index (κ1) is 28.3. The molecular weight excluding hydrogens is 408 g/mol. The number of carboxylic acids is 1. The minimum Gasteiger partial charge on any atom is -0.480 e. The number of aliphatic carboxylic acids is 1. The molecule has 0 aromatic carbocycles. The summed E-state index contributed by atoms with van der Waals surface area (Å²) in [7, 11) is 0. The first-order chi connectivity index (χ1) is 14.5. The Morgan fingerprint density at radius 2 is 1.65 bits per heavy atom. The standard InChI is InChI=1S/C19H36N6O6/c1-3-11(2)16(19(30)31)25-18(29)13(7-8-14(22)26)24-15(27)10-23-17(28)12(21)6-4-5-9-20/h11-13,16H,3-10,20-21H2,1-2H3,(H2,22,26)(H,23,28)(H,24,27)(H,25,29)(H,30,31). The predicted molar refractivity (Wildman–Crippen MR) is 113 cm³/mol. The van der Waals surface area contributed by atoms with E-state index in [1.54, 1.807) is 13.8 Å². The van der Waals surface area contributed by atoms with Crippen LogP contribution in [0.25, 0.3) is 0 Å². The van der Waals surface area contributed by atoms with Crippen molar-refractivity contribution >= 4 is 29.6 Å². The zero-order valence-corrected chi connectivity index (χ0v) is 18.2. The van der Waals surface area contributed by atoms with Crippen LogP contribution < -0.4 is 33.2 Å². The van der Waals surface area contributed by atoms with Crippen LogP contribution in [0, 0.1) is 5.92 Å². The van der Waals surface area contributed by atoms with E-state index < -0.39 is 54.3 Å². The van der Waals surface area contributed by atoms with Crippen LogP contribution in [0.3, 0.4) is 0 Å². The number of carbonyl (C=O) groups excluding carboxylic acids is 4. The Hall–Kier alpha value is -2.73. The zero-order valence-electron chi connectivity index (χ0n) is 18.2. The number of primary amides is 1. The summed E-state index contributed by atoms with van der Waals surface area (Å²) in [4.78, 5) is 59.3. The number of rotatable bonds is 16. The minimum atomic E-state index is -1.21. The molecule has 0 spiro atoms. The highest BCUT2D eigenvalue weighted by Crippen LogP contribution is 2.09. The van der Waals surface area contributed by atoms with Gasteiger partial charge in [-0.2, -0.15) is 0 Å². The number of unbranched alkanes of at least 4 members (excludes halogenated alkanes) is 1. The van der Waals surface area contributed by atoms with Crippen molar-refractivity contribution in [2.24, 2.45) is 23.1 Å². The lowest BCUT2D eigenvalue weighted by Gasteiger charge is -2.24. The maximum absolute atomic E-state index is 12.6. The van der Waals surface area contributed by atoms with Gasteiger partial charge in [-0.25, -0.2) is 4.79 Å². The fourth-order valence-electron chi connectivity index (χ4n) is 2.68. The molecule has 0 fully saturated rings. The summed E-state index contributed by atoms with van der Waals surface area (Å²) in [5, 5.41) is 16.5. The van der Waals surface area contributed by atoms with Crippen molar-refractivity contribution in [1.82, 2.24) is 16.0 Å². The largest absolute Gasteiger partial charge is 0.480 e. The van der Waals surface area contributed by atoms with E-state index in [0.29, 0.717) is 25.8 Å². The van der Waals surface area contributed by atoms with Crippen LogP contribution in [0.2, 0.25) is 0 Å². The topological polar surface area (TPSA) is 220 Å². The number of carboxylic acid groups (broad SMARTS) is 1. The van der Waals surface area contributed by atoms with Crippen LogP contribution >= 0.6 is 0 Å². The van der Waals surface area contributed by atoms with Crippen molar-refractivity contribution in [3.63, 3.8) is 0 Å². The van der Waals surface area contributed by atoms with Gasteiger partial charge in [0, 0.05) is 6.42 Å². The van der Waals surface area contributed by atoms with Gasteiger partial charge in [0.15, 0.2) is 0 Å². The molecule has 12 nitrogen and oxygen atoms in total. The minimum absolute atomic E-state index is 0.119. The smallest absolute Gasteiger partial charge is 0.326 e. The third-order valence-corrected chi connectivity index (χ3v) is 4.84. The molecule has 12 heteroatoms. The second-order valence-electron chi connectivity index (χ2n) is 7.44. The molecule has 10 N–H and O–H groups in total. The van der Waals surface area contributed by atoms with Crippen LogP contribution in [0.1, 0.15) is 52.4 Å². The van der Waals surface area contributed by atoms with Crippen molar-refractivity contribution in [3.8, 4) is 0 Å². The van der Waals surface area contributed by atoms with Gasteiger partial charge in [-0.3, -0.25) is 19.2 Å². The van der Waals surface area contributed by atoms with E-state index in [1.165, 1.54) is 0 Å². The van der Waals surface area contributed by atoms with E-state index in [2.05, 4.69) is 16.0 Å². The molecule has 0 aromatic heterocycles. The van der Waals surface area contributed by atoms with Crippen molar-refractivity contribution in [3.05, 3.63) is 0 Å². The molecule has 0 rings (SSSR count). The van der Waals surface area contributed by atoms with Crippen LogP contribution in [0.15, 0.2) is 0 Å². The molecule has 0 aliphatic rings. The van der Waals surface area contributed by atoms with Gasteiger partial charge >= 0.3 is 5.97 Å². The molecule has 0 aliphatic carbocycles. The van der Waals surface area contributed by atoms with Crippen LogP contribution in [-0.4, -0.2) is 65.9 Å². The molecule has 4 unspecified atom stereocenters. The summed E-state index contributed by atoms with van der Waals surface area (Å²) in [6, 6.07) is -3.14. The zero-order chi connectivity index (χ0) is 24.0. The molecule has 4 amide bonds. The Kier molecular flexibility index (Phi) is 13.8. The third-order valence-electron chi connectivity index (χ3n) is 4.84. The van der Waals surface area contributed by atoms with Crippen molar-refractivity contribution in [2.75, 3.05) is 13.1 Å². The van der Waals surface area contributed by atoms with Gasteiger partial charge in [-0.15, -0.1) is 0 Å². The number of nitrogens with two attached hydrogens (primary N) is 3. The molecule has 0 bridgehead atoms. The normalized spacial score (nSPS) is 14.6. The first-order valence-electron chi connectivity index (χ1n) is 10.4. The summed E-state index contributed by atoms with van der Waals surface area (Å²) in [5.74, 6) is -4.21. The molecular formula is C19H36N6O6. The molecule has 4 atom stereocenters. The molecule has 31 heavy (non-hydrogen) atoms. The highest BCUT2D eigenvalue weighted by Gasteiger charge is 2.29. The van der Waals surface area contributed by atoms with E-state index in [9.17, 15) is 29.1 Å². The maximum Gasteiger partial charge on any atom is 0.326 e. The van der Waals surface area contributed by atoms with Gasteiger partial charge in [0.05, 0.1) is 12.6 Å². The molecule has 0 saturated carbocycles. The van der Waals surface area contributed by atoms with E-state index in [-0.39, 0.29) is 18.8 Å². The Balaban J connectivity index is 4.92. The van der Waals surface area contributed by atoms with Crippen LogP contribution in [0.5, 0.6) is 0 Å². The van der Waals surface area contributed by atoms with Gasteiger partial charge in [-0.1, -0.05) is 26.7 Å². The lowest BCUT2D eigenvalue weighted by atomic mass is 9.98. The van der Waals surface area contributed by atoms with Crippen molar-refractivity contribution in [1.29, 1.82) is 0 Å². The number of carbonyl (C=O) groups is 5.